The van der Waals surface area contributed by atoms with Crippen LogP contribution in [0.15, 0.2) is 21.6 Å². The summed E-state index contributed by atoms with van der Waals surface area (Å²) in [4.78, 5) is 0. The molecule has 0 amide bonds. The Morgan fingerprint density at radius 3 is 1.32 bits per heavy atom. The first-order chi connectivity index (χ1) is 7.84. The van der Waals surface area contributed by atoms with E-state index in [1.165, 1.54) is 0 Å². The van der Waals surface area contributed by atoms with Crippen molar-refractivity contribution in [1.29, 1.82) is 0 Å². The molecule has 0 aromatic rings. The Morgan fingerprint density at radius 2 is 1.14 bits per heavy atom. The largest absolute Gasteiger partial charge is 0.147 e. The van der Waals surface area contributed by atoms with Crippen molar-refractivity contribution in [2.75, 3.05) is 0 Å². The molecule has 0 heterocycles. The molecule has 0 unspecified atom stereocenters. The second-order valence-electron chi connectivity index (χ2n) is 16.8. The third kappa shape index (κ3) is 1.68. The minimum Gasteiger partial charge on any atom is -0.147 e. The summed E-state index contributed by atoms with van der Waals surface area (Å²) < 4.78 is 22.8. The van der Waals surface area contributed by atoms with Crippen LogP contribution in [0.3, 0.4) is 0 Å². The first-order valence-corrected chi connectivity index (χ1v) is 47.9. The van der Waals surface area contributed by atoms with Crippen LogP contribution in [-0.2, 0) is 11.2 Å². The number of rotatable bonds is 3. The number of hydrogen-bond acceptors (Lipinski definition) is 1. The van der Waals surface area contributed by atoms with E-state index in [0.29, 0.717) is 0 Å². The molecule has 0 radical (unpaired) electrons. The van der Waals surface area contributed by atoms with Crippen LogP contribution in [0.25, 0.3) is 0 Å². The van der Waals surface area contributed by atoms with E-state index in [4.69, 9.17) is 3.72 Å². The van der Waals surface area contributed by atoms with Gasteiger partial charge in [-0.05, 0) is 0 Å². The Bertz CT molecular complexity index is 608. The predicted octanol–water partition coefficient (Wildman–Crippen LogP) is 7.29. The molecular weight excluding hydrogens is 512 g/mol. The van der Waals surface area contributed by atoms with Gasteiger partial charge < -0.3 is 0 Å². The van der Waals surface area contributed by atoms with Gasteiger partial charge in [0.1, 0.15) is 0 Å². The van der Waals surface area contributed by atoms with E-state index in [9.17, 15) is 0 Å². The van der Waals surface area contributed by atoms with Crippen molar-refractivity contribution in [1.82, 2.24) is 0 Å². The van der Waals surface area contributed by atoms with Crippen molar-refractivity contribution >= 4 is 35.3 Å². The zero-order valence-electron chi connectivity index (χ0n) is 16.8. The van der Waals surface area contributed by atoms with Crippen LogP contribution in [0, 0.1) is 0 Å². The van der Waals surface area contributed by atoms with Crippen LogP contribution < -0.4 is 3.72 Å². The minimum atomic E-state index is -5.55. The Kier molecular flexibility index (Phi) is 3.72. The summed E-state index contributed by atoms with van der Waals surface area (Å²) in [5.74, 6) is 0. The van der Waals surface area contributed by atoms with Gasteiger partial charge in [0.2, 0.25) is 0 Å². The first-order valence-electron chi connectivity index (χ1n) is 8.26. The van der Waals surface area contributed by atoms with Gasteiger partial charge in [0, 0.05) is 0 Å². The molecule has 1 rings (SSSR count). The number of allylic oxidation sites excluding steroid dienone is 4. The molecule has 0 bridgehead atoms. The van der Waals surface area contributed by atoms with Crippen LogP contribution in [0.5, 0.6) is 0 Å². The number of nitrogens with two attached hydrogens (primary N) is 1. The van der Waals surface area contributed by atoms with Crippen molar-refractivity contribution in [2.45, 2.75) is 69.1 Å². The fraction of sp³-hybridized carbons (Fsp3) is 0.750. The fourth-order valence-electron chi connectivity index (χ4n) is 3.75. The van der Waals surface area contributed by atoms with Crippen LogP contribution in [0.1, 0.15) is 6.42 Å². The normalized spacial score (nSPS) is 25.6. The quantitative estimate of drug-likeness (QED) is 0.365. The Labute approximate surface area is 140 Å². The average molecular weight is 554 g/mol. The van der Waals surface area contributed by atoms with Crippen LogP contribution >= 0.6 is 24.8 Å². The molecule has 1 nitrogen and oxygen atoms in total. The van der Waals surface area contributed by atoms with E-state index >= 15 is 0 Å². The summed E-state index contributed by atoms with van der Waals surface area (Å²) in [6.07, 6.45) is 7.95. The summed E-state index contributed by atoms with van der Waals surface area (Å²) in [7, 11) is 0. The molecule has 137 valence electrons. The number of halogens is 2. The van der Waals surface area contributed by atoms with E-state index in [1.807, 2.05) is 0 Å². The Morgan fingerprint density at radius 1 is 0.818 bits per heavy atom. The van der Waals surface area contributed by atoms with Crippen molar-refractivity contribution in [3.63, 3.8) is 0 Å². The molecule has 0 fully saturated rings. The molecule has 6 heteroatoms. The standard InChI is InChI=1S/C5H5.2C3H9Si.5CH3.2ClH.Hf.H2N/c1-2-4-5-3-1;2*1-4(2)3;;;;;;;;;/h1-3H,4H2;2*1-3H3;5*1H3;2*1H;;1H2/q;;;;;;;;;;+1;-1. The summed E-state index contributed by atoms with van der Waals surface area (Å²) >= 11 is -5.55. The molecule has 1 aliphatic rings. The zero-order chi connectivity index (χ0) is 16.7. The van der Waals surface area contributed by atoms with Gasteiger partial charge in [-0.3, -0.25) is 0 Å². The van der Waals surface area contributed by atoms with E-state index in [1.54, 1.807) is 3.33 Å². The van der Waals surface area contributed by atoms with Gasteiger partial charge in [-0.2, -0.15) is 0 Å². The molecule has 0 atom stereocenters. The maximum Gasteiger partial charge on any atom is -0.147 e. The fourth-order valence-corrected chi connectivity index (χ4v) is 121. The van der Waals surface area contributed by atoms with Crippen LogP contribution in [0.4, 0.5) is 0 Å². The molecule has 1 aliphatic carbocycles. The summed E-state index contributed by atoms with van der Waals surface area (Å²) in [5, 5.41) is -3.67. The molecule has 0 aromatic heterocycles. The van der Waals surface area contributed by atoms with E-state index in [-0.39, 0.29) is 24.8 Å². The van der Waals surface area contributed by atoms with Gasteiger partial charge in [0.25, 0.3) is 0 Å². The van der Waals surface area contributed by atoms with Gasteiger partial charge in [-0.15, -0.1) is 24.8 Å². The molecular formula is C16H42Cl2HfNSi2. The molecule has 0 saturated carbocycles. The van der Waals surface area contributed by atoms with Crippen molar-refractivity contribution in [3.8, 4) is 0 Å². The molecule has 0 spiro atoms. The summed E-state index contributed by atoms with van der Waals surface area (Å²) in [6, 6.07) is 0. The second-order valence-corrected chi connectivity index (χ2v) is 197. The average Bonchev–Trinajstić information content (AvgIpc) is 2.46. The topological polar surface area (TPSA) is 26.0 Å². The van der Waals surface area contributed by atoms with Gasteiger partial charge in [0.05, 0.1) is 0 Å². The van der Waals surface area contributed by atoms with Crippen molar-refractivity contribution in [2.24, 2.45) is 3.72 Å². The number of hydrogen-bond donors (Lipinski definition) is 1. The first kappa shape index (κ1) is 25.6. The van der Waals surface area contributed by atoms with Crippen LogP contribution in [-0.4, -0.2) is 10.5 Å². The van der Waals surface area contributed by atoms with Gasteiger partial charge in [-0.1, -0.05) is 0 Å². The monoisotopic (exact) mass is 554 g/mol. The smallest absolute Gasteiger partial charge is 0.147 e. The van der Waals surface area contributed by atoms with Crippen molar-refractivity contribution in [3.05, 3.63) is 21.6 Å². The van der Waals surface area contributed by atoms with Gasteiger partial charge >= 0.3 is 116 Å². The predicted molar refractivity (Wildman–Crippen MR) is 117 cm³/mol. The van der Waals surface area contributed by atoms with Crippen molar-refractivity contribution < 1.29 is 11.2 Å². The summed E-state index contributed by atoms with van der Waals surface area (Å²) in [5.41, 5.74) is 0. The maximum atomic E-state index is 8.26. The minimum absolute atomic E-state index is 0. The Balaban J connectivity index is 0. The van der Waals surface area contributed by atoms with Gasteiger partial charge in [-0.25, -0.2) is 0 Å². The molecule has 22 heavy (non-hydrogen) atoms. The third-order valence-corrected chi connectivity index (χ3v) is 304. The molecule has 0 aliphatic heterocycles. The van der Waals surface area contributed by atoms with Crippen LogP contribution in [0.2, 0.25) is 62.7 Å². The SMILES string of the molecule is C[Si](C)(C)[Hf]([CH3])([CH3])([CH3])([CH3])([CH3])([NH2])([C]1=CC=CC1)[Si](C)(C)C.Cl.Cl. The Hall–Kier alpha value is 1.32. The van der Waals surface area contributed by atoms with E-state index in [0.717, 1.165) is 6.42 Å². The second kappa shape index (κ2) is 3.20. The van der Waals surface area contributed by atoms with E-state index < -0.39 is 21.8 Å². The maximum absolute atomic E-state index is 8.26. The molecule has 0 aromatic carbocycles. The third-order valence-electron chi connectivity index (χ3n) is 12.7. The zero-order valence-corrected chi connectivity index (χ0v) is 24.1. The molecule has 0 saturated heterocycles. The summed E-state index contributed by atoms with van der Waals surface area (Å²) in [6.45, 7) is 15.2. The van der Waals surface area contributed by atoms with E-state index in [2.05, 4.69) is 80.9 Å². The van der Waals surface area contributed by atoms with Gasteiger partial charge in [0.15, 0.2) is 0 Å². The molecule has 2 N–H and O–H groups in total.